The minimum Gasteiger partial charge on any atom is -0.466 e. The molecule has 3 nitrogen and oxygen atoms in total. The van der Waals surface area contributed by atoms with Crippen molar-refractivity contribution < 1.29 is 9.53 Å². The first-order valence-electron chi connectivity index (χ1n) is 7.13. The summed E-state index contributed by atoms with van der Waals surface area (Å²) in [5.74, 6) is 0.575. The van der Waals surface area contributed by atoms with Crippen molar-refractivity contribution in [2.24, 2.45) is 11.8 Å². The molecule has 1 aliphatic heterocycles. The van der Waals surface area contributed by atoms with E-state index in [9.17, 15) is 4.79 Å². The number of rotatable bonds is 3. The van der Waals surface area contributed by atoms with Gasteiger partial charge in [0.05, 0.1) is 12.5 Å². The Labute approximate surface area is 105 Å². The van der Waals surface area contributed by atoms with Crippen LogP contribution in [0.15, 0.2) is 0 Å². The Morgan fingerprint density at radius 3 is 2.59 bits per heavy atom. The van der Waals surface area contributed by atoms with Crippen LogP contribution in [-0.2, 0) is 9.53 Å². The number of nitrogens with zero attached hydrogens (tertiary/aromatic N) is 1. The van der Waals surface area contributed by atoms with E-state index in [4.69, 9.17) is 4.74 Å². The molecule has 2 unspecified atom stereocenters. The van der Waals surface area contributed by atoms with Gasteiger partial charge in [-0.1, -0.05) is 26.2 Å². The van der Waals surface area contributed by atoms with E-state index in [-0.39, 0.29) is 11.9 Å². The molecule has 0 N–H and O–H groups in total. The van der Waals surface area contributed by atoms with Crippen molar-refractivity contribution in [3.8, 4) is 0 Å². The normalized spacial score (nSPS) is 31.6. The summed E-state index contributed by atoms with van der Waals surface area (Å²) in [7, 11) is 0. The third-order valence-corrected chi connectivity index (χ3v) is 4.32. The molecular weight excluding hydrogens is 214 g/mol. The van der Waals surface area contributed by atoms with E-state index in [0.29, 0.717) is 12.5 Å². The van der Waals surface area contributed by atoms with Crippen LogP contribution in [-0.4, -0.2) is 36.6 Å². The van der Waals surface area contributed by atoms with Crippen LogP contribution in [0.1, 0.15) is 46.0 Å². The Morgan fingerprint density at radius 2 is 1.94 bits per heavy atom. The number of hydrogen-bond acceptors (Lipinski definition) is 3. The van der Waals surface area contributed by atoms with Crippen molar-refractivity contribution in [1.82, 2.24) is 4.90 Å². The molecule has 0 aromatic carbocycles. The zero-order valence-electron chi connectivity index (χ0n) is 11.2. The SMILES string of the molecule is CCOC(=O)C1CN(C2CCCCC2)CC1C. The molecule has 2 fully saturated rings. The van der Waals surface area contributed by atoms with Crippen molar-refractivity contribution in [2.75, 3.05) is 19.7 Å². The number of ether oxygens (including phenoxy) is 1. The summed E-state index contributed by atoms with van der Waals surface area (Å²) in [6.45, 7) is 6.57. The summed E-state index contributed by atoms with van der Waals surface area (Å²) in [6.07, 6.45) is 6.75. The number of carbonyl (C=O) groups excluding carboxylic acids is 1. The third-order valence-electron chi connectivity index (χ3n) is 4.32. The van der Waals surface area contributed by atoms with Crippen LogP contribution in [0, 0.1) is 11.8 Å². The first-order valence-corrected chi connectivity index (χ1v) is 7.13. The molecule has 17 heavy (non-hydrogen) atoms. The Kier molecular flexibility index (Phi) is 4.43. The maximum atomic E-state index is 11.8. The van der Waals surface area contributed by atoms with Crippen LogP contribution in [0.5, 0.6) is 0 Å². The molecule has 0 spiro atoms. The fourth-order valence-corrected chi connectivity index (χ4v) is 3.30. The molecule has 0 radical (unpaired) electrons. The van der Waals surface area contributed by atoms with E-state index in [0.717, 1.165) is 19.1 Å². The maximum Gasteiger partial charge on any atom is 0.310 e. The second-order valence-corrected chi connectivity index (χ2v) is 5.58. The van der Waals surface area contributed by atoms with E-state index in [1.807, 2.05) is 6.92 Å². The molecule has 0 amide bonds. The lowest BCUT2D eigenvalue weighted by Crippen LogP contribution is -2.35. The Bertz CT molecular complexity index is 261. The maximum absolute atomic E-state index is 11.8. The zero-order chi connectivity index (χ0) is 12.3. The third kappa shape index (κ3) is 3.01. The van der Waals surface area contributed by atoms with Gasteiger partial charge in [-0.05, 0) is 25.7 Å². The van der Waals surface area contributed by atoms with Crippen molar-refractivity contribution in [3.63, 3.8) is 0 Å². The summed E-state index contributed by atoms with van der Waals surface area (Å²) in [6, 6.07) is 0.727. The van der Waals surface area contributed by atoms with E-state index in [2.05, 4.69) is 11.8 Å². The lowest BCUT2D eigenvalue weighted by Gasteiger charge is -2.31. The van der Waals surface area contributed by atoms with E-state index < -0.39 is 0 Å². The second kappa shape index (κ2) is 5.85. The van der Waals surface area contributed by atoms with Crippen molar-refractivity contribution in [1.29, 1.82) is 0 Å². The highest BCUT2D eigenvalue weighted by Crippen LogP contribution is 2.31. The number of hydrogen-bond donors (Lipinski definition) is 0. The summed E-state index contributed by atoms with van der Waals surface area (Å²) < 4.78 is 5.17. The topological polar surface area (TPSA) is 29.5 Å². The molecule has 1 aliphatic carbocycles. The molecule has 0 aromatic heterocycles. The van der Waals surface area contributed by atoms with Gasteiger partial charge in [0.1, 0.15) is 0 Å². The van der Waals surface area contributed by atoms with Gasteiger partial charge in [0.15, 0.2) is 0 Å². The predicted octanol–water partition coefficient (Wildman–Crippen LogP) is 2.45. The minimum absolute atomic E-state index is 0.0123. The standard InChI is InChI=1S/C14H25NO2/c1-3-17-14(16)13-10-15(9-11(13)2)12-7-5-4-6-8-12/h11-13H,3-10H2,1-2H3. The highest BCUT2D eigenvalue weighted by Gasteiger charge is 2.38. The highest BCUT2D eigenvalue weighted by atomic mass is 16.5. The van der Waals surface area contributed by atoms with Crippen molar-refractivity contribution in [3.05, 3.63) is 0 Å². The number of likely N-dealkylation sites (tertiary alicyclic amines) is 1. The lowest BCUT2D eigenvalue weighted by atomic mass is 9.94. The predicted molar refractivity (Wildman–Crippen MR) is 67.7 cm³/mol. The Morgan fingerprint density at radius 1 is 1.24 bits per heavy atom. The minimum atomic E-state index is 0.0123. The quantitative estimate of drug-likeness (QED) is 0.709. The van der Waals surface area contributed by atoms with Gasteiger partial charge in [-0.3, -0.25) is 9.69 Å². The summed E-state index contributed by atoms with van der Waals surface area (Å²) >= 11 is 0. The average Bonchev–Trinajstić information content (AvgIpc) is 2.73. The van der Waals surface area contributed by atoms with Gasteiger partial charge in [-0.15, -0.1) is 0 Å². The molecule has 98 valence electrons. The lowest BCUT2D eigenvalue weighted by molar-refractivity contribution is -0.148. The number of esters is 1. The van der Waals surface area contributed by atoms with Gasteiger partial charge >= 0.3 is 5.97 Å². The van der Waals surface area contributed by atoms with E-state index >= 15 is 0 Å². The van der Waals surface area contributed by atoms with Crippen molar-refractivity contribution >= 4 is 5.97 Å². The first kappa shape index (κ1) is 12.9. The molecule has 0 bridgehead atoms. The van der Waals surface area contributed by atoms with E-state index in [1.54, 1.807) is 0 Å². The molecule has 1 heterocycles. The van der Waals surface area contributed by atoms with Crippen LogP contribution in [0.25, 0.3) is 0 Å². The molecule has 0 aromatic rings. The van der Waals surface area contributed by atoms with Crippen LogP contribution < -0.4 is 0 Å². The van der Waals surface area contributed by atoms with Crippen LogP contribution >= 0.6 is 0 Å². The smallest absolute Gasteiger partial charge is 0.310 e. The van der Waals surface area contributed by atoms with Crippen LogP contribution in [0.3, 0.4) is 0 Å². The second-order valence-electron chi connectivity index (χ2n) is 5.58. The van der Waals surface area contributed by atoms with Crippen LogP contribution in [0.2, 0.25) is 0 Å². The summed E-state index contributed by atoms with van der Waals surface area (Å²) in [5.41, 5.74) is 0. The highest BCUT2D eigenvalue weighted by molar-refractivity contribution is 5.73. The van der Waals surface area contributed by atoms with Crippen LogP contribution in [0.4, 0.5) is 0 Å². The molecule has 1 saturated heterocycles. The van der Waals surface area contributed by atoms with Crippen molar-refractivity contribution in [2.45, 2.75) is 52.0 Å². The largest absolute Gasteiger partial charge is 0.466 e. The van der Waals surface area contributed by atoms with Gasteiger partial charge in [0.25, 0.3) is 0 Å². The van der Waals surface area contributed by atoms with Gasteiger partial charge in [-0.25, -0.2) is 0 Å². The molecule has 2 atom stereocenters. The molecule has 2 aliphatic rings. The summed E-state index contributed by atoms with van der Waals surface area (Å²) in [5, 5.41) is 0. The Hall–Kier alpha value is -0.570. The van der Waals surface area contributed by atoms with Gasteiger partial charge in [-0.2, -0.15) is 0 Å². The fraction of sp³-hybridized carbons (Fsp3) is 0.929. The van der Waals surface area contributed by atoms with Gasteiger partial charge in [0, 0.05) is 19.1 Å². The monoisotopic (exact) mass is 239 g/mol. The van der Waals surface area contributed by atoms with E-state index in [1.165, 1.54) is 32.1 Å². The van der Waals surface area contributed by atoms with Gasteiger partial charge in [0.2, 0.25) is 0 Å². The molecule has 1 saturated carbocycles. The zero-order valence-corrected chi connectivity index (χ0v) is 11.2. The fourth-order valence-electron chi connectivity index (χ4n) is 3.30. The average molecular weight is 239 g/mol. The molecular formula is C14H25NO2. The molecule has 2 rings (SSSR count). The summed E-state index contributed by atoms with van der Waals surface area (Å²) in [4.78, 5) is 14.4. The van der Waals surface area contributed by atoms with Gasteiger partial charge < -0.3 is 4.74 Å². The first-order chi connectivity index (χ1) is 8.22. The number of carbonyl (C=O) groups is 1. The molecule has 3 heteroatoms. The Balaban J connectivity index is 1.89.